The average molecular weight is 510 g/mol. The molecule has 4 rings (SSSR count). The van der Waals surface area contributed by atoms with Crippen molar-refractivity contribution in [2.24, 2.45) is 23.7 Å². The fourth-order valence-electron chi connectivity index (χ4n) is 6.83. The Morgan fingerprint density at radius 3 is 2.43 bits per heavy atom. The molecule has 0 spiro atoms. The van der Waals surface area contributed by atoms with Gasteiger partial charge in [-0.25, -0.2) is 0 Å². The number of carbonyl (C=O) groups is 2. The van der Waals surface area contributed by atoms with E-state index in [2.05, 4.69) is 20.8 Å². The van der Waals surface area contributed by atoms with Crippen LogP contribution in [0.4, 0.5) is 0 Å². The highest BCUT2D eigenvalue weighted by molar-refractivity contribution is 6.06. The van der Waals surface area contributed by atoms with Crippen LogP contribution in [0, 0.1) is 23.7 Å². The summed E-state index contributed by atoms with van der Waals surface area (Å²) in [5, 5.41) is 32.2. The van der Waals surface area contributed by atoms with Gasteiger partial charge in [-0.1, -0.05) is 75.5 Å². The lowest BCUT2D eigenvalue weighted by molar-refractivity contribution is -0.143. The van der Waals surface area contributed by atoms with Crippen LogP contribution in [0.5, 0.6) is 5.75 Å². The van der Waals surface area contributed by atoms with E-state index in [1.165, 1.54) is 4.90 Å². The monoisotopic (exact) mass is 509 g/mol. The summed E-state index contributed by atoms with van der Waals surface area (Å²) in [4.78, 5) is 28.7. The maximum Gasteiger partial charge on any atom is 0.234 e. The van der Waals surface area contributed by atoms with Crippen molar-refractivity contribution >= 4 is 17.9 Å². The minimum atomic E-state index is -0.804. The number of phenols is 1. The molecule has 4 atom stereocenters. The molecular weight excluding hydrogens is 466 g/mol. The number of amides is 2. The number of allylic oxidation sites excluding steroid dienone is 2. The van der Waals surface area contributed by atoms with Gasteiger partial charge in [-0.2, -0.15) is 0 Å². The number of imide groups is 1. The molecule has 37 heavy (non-hydrogen) atoms. The number of nitrogens with zero attached hydrogens (tertiary/aromatic N) is 1. The molecule has 2 aliphatic carbocycles. The van der Waals surface area contributed by atoms with Crippen molar-refractivity contribution in [1.82, 2.24) is 4.90 Å². The molecule has 1 aromatic carbocycles. The molecule has 0 unspecified atom stereocenters. The number of aliphatic hydroxyl groups is 2. The first-order valence-corrected chi connectivity index (χ1v) is 14.1. The lowest BCUT2D eigenvalue weighted by Crippen LogP contribution is -2.42. The van der Waals surface area contributed by atoms with Crippen LogP contribution in [0.3, 0.4) is 0 Å². The van der Waals surface area contributed by atoms with E-state index in [1.54, 1.807) is 12.1 Å². The molecular formula is C31H43NO5. The van der Waals surface area contributed by atoms with Gasteiger partial charge in [-0.05, 0) is 56.1 Å². The zero-order valence-electron chi connectivity index (χ0n) is 22.5. The van der Waals surface area contributed by atoms with Crippen LogP contribution in [-0.2, 0) is 9.59 Å². The molecule has 3 aliphatic rings. The van der Waals surface area contributed by atoms with Crippen LogP contribution >= 0.6 is 0 Å². The third-order valence-corrected chi connectivity index (χ3v) is 8.84. The van der Waals surface area contributed by atoms with E-state index in [-0.39, 0.29) is 36.1 Å². The molecule has 1 saturated heterocycles. The standard InChI is InChI=1S/C31H43NO5/c1-4-20(16-21-10-8-9-13-26(21)34)14-15-27(35)28-23(19(2)3)17-24-29(25(28)18-33)31(37)32(30(24)36)22-11-6-5-7-12-22/h8-10,13,16,19,22,24-25,27,29,33-35H,4-7,11-12,14-15,17-18H2,1-3H3/b20-16+/t24-,25+,27-,29-/m1/s1. The maximum absolute atomic E-state index is 13.7. The van der Waals surface area contributed by atoms with Crippen LogP contribution in [-0.4, -0.2) is 50.8 Å². The molecule has 2 fully saturated rings. The Morgan fingerprint density at radius 1 is 1.11 bits per heavy atom. The Hall–Kier alpha value is -2.44. The number of likely N-dealkylation sites (tertiary alicyclic amines) is 1. The number of fused-ring (bicyclic) bond motifs is 1. The number of para-hydroxylation sites is 1. The van der Waals surface area contributed by atoms with Gasteiger partial charge in [0.1, 0.15) is 5.75 Å². The number of benzene rings is 1. The third kappa shape index (κ3) is 5.56. The summed E-state index contributed by atoms with van der Waals surface area (Å²) in [6.07, 6.45) is 8.47. The van der Waals surface area contributed by atoms with Gasteiger partial charge >= 0.3 is 0 Å². The molecule has 0 radical (unpaired) electrons. The second-order valence-electron chi connectivity index (χ2n) is 11.4. The second-order valence-corrected chi connectivity index (χ2v) is 11.4. The molecule has 0 aromatic heterocycles. The van der Waals surface area contributed by atoms with Crippen molar-refractivity contribution in [3.05, 3.63) is 46.5 Å². The molecule has 6 heteroatoms. The minimum absolute atomic E-state index is 0.0266. The van der Waals surface area contributed by atoms with E-state index in [0.717, 1.165) is 60.8 Å². The van der Waals surface area contributed by atoms with Gasteiger partial charge < -0.3 is 15.3 Å². The van der Waals surface area contributed by atoms with Gasteiger partial charge in [0.05, 0.1) is 24.5 Å². The van der Waals surface area contributed by atoms with E-state index in [0.29, 0.717) is 19.3 Å². The van der Waals surface area contributed by atoms with Crippen molar-refractivity contribution in [1.29, 1.82) is 0 Å². The summed E-state index contributed by atoms with van der Waals surface area (Å²) in [6, 6.07) is 7.17. The van der Waals surface area contributed by atoms with Crippen molar-refractivity contribution in [3.63, 3.8) is 0 Å². The van der Waals surface area contributed by atoms with E-state index in [9.17, 15) is 24.9 Å². The Bertz CT molecular complexity index is 1050. The number of hydrogen-bond donors (Lipinski definition) is 3. The van der Waals surface area contributed by atoms with E-state index < -0.39 is 23.9 Å². The molecule has 3 N–H and O–H groups in total. The fraction of sp³-hybridized carbons (Fsp3) is 0.613. The number of rotatable bonds is 9. The van der Waals surface area contributed by atoms with Gasteiger partial charge in [0.2, 0.25) is 11.8 Å². The summed E-state index contributed by atoms with van der Waals surface area (Å²) < 4.78 is 0. The normalized spacial score (nSPS) is 26.3. The summed E-state index contributed by atoms with van der Waals surface area (Å²) in [6.45, 7) is 5.93. The topological polar surface area (TPSA) is 98.1 Å². The lowest BCUT2D eigenvalue weighted by Gasteiger charge is -2.38. The van der Waals surface area contributed by atoms with Crippen molar-refractivity contribution in [2.45, 2.75) is 90.7 Å². The Kier molecular flexibility index (Phi) is 8.91. The molecule has 6 nitrogen and oxygen atoms in total. The van der Waals surface area contributed by atoms with Crippen LogP contribution in [0.2, 0.25) is 0 Å². The van der Waals surface area contributed by atoms with Crippen LogP contribution in [0.25, 0.3) is 6.08 Å². The quantitative estimate of drug-likeness (QED) is 0.313. The molecule has 0 bridgehead atoms. The van der Waals surface area contributed by atoms with Crippen molar-refractivity contribution in [3.8, 4) is 5.75 Å². The van der Waals surface area contributed by atoms with Gasteiger partial charge in [0.15, 0.2) is 0 Å². The van der Waals surface area contributed by atoms with Crippen LogP contribution < -0.4 is 0 Å². The van der Waals surface area contributed by atoms with E-state index in [1.807, 2.05) is 18.2 Å². The summed E-state index contributed by atoms with van der Waals surface area (Å²) in [7, 11) is 0. The number of phenolic OH excluding ortho intramolecular Hbond substituents is 1. The number of aromatic hydroxyl groups is 1. The first-order valence-electron chi connectivity index (χ1n) is 14.1. The van der Waals surface area contributed by atoms with Crippen LogP contribution in [0.15, 0.2) is 41.0 Å². The summed E-state index contributed by atoms with van der Waals surface area (Å²) in [5.41, 5.74) is 3.64. The lowest BCUT2D eigenvalue weighted by atomic mass is 9.66. The zero-order chi connectivity index (χ0) is 26.7. The molecule has 1 heterocycles. The molecule has 1 aliphatic heterocycles. The number of aliphatic hydroxyl groups excluding tert-OH is 2. The highest BCUT2D eigenvalue weighted by Crippen LogP contribution is 2.49. The third-order valence-electron chi connectivity index (χ3n) is 8.84. The molecule has 1 aromatic rings. The predicted molar refractivity (Wildman–Crippen MR) is 144 cm³/mol. The zero-order valence-corrected chi connectivity index (χ0v) is 22.5. The van der Waals surface area contributed by atoms with Gasteiger partial charge in [-0.15, -0.1) is 0 Å². The highest BCUT2D eigenvalue weighted by atomic mass is 16.3. The second kappa shape index (κ2) is 12.0. The summed E-state index contributed by atoms with van der Waals surface area (Å²) in [5.74, 6) is -1.46. The van der Waals surface area contributed by atoms with Crippen molar-refractivity contribution < 1.29 is 24.9 Å². The number of hydrogen-bond acceptors (Lipinski definition) is 5. The first-order chi connectivity index (χ1) is 17.8. The Balaban J connectivity index is 1.58. The van der Waals surface area contributed by atoms with E-state index >= 15 is 0 Å². The van der Waals surface area contributed by atoms with Gasteiger partial charge in [0.25, 0.3) is 0 Å². The van der Waals surface area contributed by atoms with Gasteiger partial charge in [-0.3, -0.25) is 14.5 Å². The fourth-order valence-corrected chi connectivity index (χ4v) is 6.83. The average Bonchev–Trinajstić information content (AvgIpc) is 3.15. The Morgan fingerprint density at radius 2 is 1.81 bits per heavy atom. The van der Waals surface area contributed by atoms with E-state index in [4.69, 9.17) is 0 Å². The molecule has 202 valence electrons. The number of carbonyl (C=O) groups excluding carboxylic acids is 2. The predicted octanol–water partition coefficient (Wildman–Crippen LogP) is 5.23. The maximum atomic E-state index is 13.7. The highest BCUT2D eigenvalue weighted by Gasteiger charge is 2.56. The molecule has 2 amide bonds. The SMILES string of the molecule is CC/C(=C\c1ccccc1O)CC[C@@H](O)C1=C(C(C)C)C[C@H]2C(=O)N(C3CCCCC3)C(=O)[C@H]2[C@H]1CO. The molecule has 1 saturated carbocycles. The summed E-state index contributed by atoms with van der Waals surface area (Å²) >= 11 is 0. The van der Waals surface area contributed by atoms with Crippen LogP contribution in [0.1, 0.15) is 84.1 Å². The largest absolute Gasteiger partial charge is 0.507 e. The minimum Gasteiger partial charge on any atom is -0.507 e. The Labute approximate surface area is 221 Å². The smallest absolute Gasteiger partial charge is 0.234 e. The van der Waals surface area contributed by atoms with Gasteiger partial charge in [0, 0.05) is 17.5 Å². The van der Waals surface area contributed by atoms with Crippen molar-refractivity contribution in [2.75, 3.05) is 6.61 Å². The first kappa shape index (κ1) is 27.6.